The highest BCUT2D eigenvalue weighted by Crippen LogP contribution is 2.22. The number of nitrogens with zero attached hydrogens (tertiary/aromatic N) is 2. The fourth-order valence-electron chi connectivity index (χ4n) is 2.12. The minimum atomic E-state index is -0.782. The predicted octanol–water partition coefficient (Wildman–Crippen LogP) is 1.38. The summed E-state index contributed by atoms with van der Waals surface area (Å²) in [6.45, 7) is -0.309. The number of pyridine rings is 1. The van der Waals surface area contributed by atoms with Crippen LogP contribution in [-0.4, -0.2) is 28.9 Å². The number of hydrogen-bond acceptors (Lipinski definition) is 7. The third-order valence-corrected chi connectivity index (χ3v) is 3.37. The van der Waals surface area contributed by atoms with E-state index in [0.717, 1.165) is 6.07 Å². The van der Waals surface area contributed by atoms with Crippen molar-refractivity contribution in [1.29, 1.82) is 0 Å². The van der Waals surface area contributed by atoms with Crippen molar-refractivity contribution in [3.8, 4) is 5.75 Å². The van der Waals surface area contributed by atoms with Crippen LogP contribution < -0.4 is 10.5 Å². The van der Waals surface area contributed by atoms with Gasteiger partial charge in [-0.2, -0.15) is 0 Å². The number of esters is 1. The first-order valence-corrected chi connectivity index (χ1v) is 7.12. The van der Waals surface area contributed by atoms with E-state index in [2.05, 4.69) is 4.98 Å². The monoisotopic (exact) mass is 345 g/mol. The molecule has 2 rings (SSSR count). The molecule has 0 spiro atoms. The minimum absolute atomic E-state index is 0.00173. The second kappa shape index (κ2) is 7.86. The van der Waals surface area contributed by atoms with Gasteiger partial charge >= 0.3 is 5.97 Å². The van der Waals surface area contributed by atoms with Crippen LogP contribution in [0.25, 0.3) is 0 Å². The summed E-state index contributed by atoms with van der Waals surface area (Å²) in [4.78, 5) is 37.4. The number of hydrogen-bond donors (Lipinski definition) is 1. The Morgan fingerprint density at radius 1 is 1.28 bits per heavy atom. The lowest BCUT2D eigenvalue weighted by Crippen LogP contribution is -2.13. The summed E-state index contributed by atoms with van der Waals surface area (Å²) in [7, 11) is 1.47. The zero-order valence-electron chi connectivity index (χ0n) is 13.3. The average molecular weight is 345 g/mol. The zero-order valence-corrected chi connectivity index (χ0v) is 13.3. The van der Waals surface area contributed by atoms with Crippen LogP contribution in [0.2, 0.25) is 0 Å². The standard InChI is InChI=1S/C16H15N3O6/c1-24-14-4-5-18-8-12(14)7-15(20)25-9-11-3-2-10(16(17)21)6-13(11)19(22)23/h2-6,8H,7,9H2,1H3,(H2,17,21). The van der Waals surface area contributed by atoms with E-state index in [1.807, 2.05) is 0 Å². The number of carbonyl (C=O) groups excluding carboxylic acids is 2. The largest absolute Gasteiger partial charge is 0.496 e. The van der Waals surface area contributed by atoms with E-state index in [1.165, 1.54) is 31.6 Å². The van der Waals surface area contributed by atoms with Gasteiger partial charge in [0.15, 0.2) is 0 Å². The molecule has 0 aliphatic carbocycles. The fraction of sp³-hybridized carbons (Fsp3) is 0.188. The molecule has 0 aliphatic rings. The van der Waals surface area contributed by atoms with E-state index >= 15 is 0 Å². The maximum Gasteiger partial charge on any atom is 0.310 e. The Morgan fingerprint density at radius 2 is 2.04 bits per heavy atom. The van der Waals surface area contributed by atoms with Crippen LogP contribution in [0.3, 0.4) is 0 Å². The molecule has 2 N–H and O–H groups in total. The molecule has 1 heterocycles. The van der Waals surface area contributed by atoms with Gasteiger partial charge < -0.3 is 15.2 Å². The molecule has 130 valence electrons. The zero-order chi connectivity index (χ0) is 18.4. The first-order chi connectivity index (χ1) is 11.9. The van der Waals surface area contributed by atoms with E-state index < -0.39 is 16.8 Å². The number of benzene rings is 1. The average Bonchev–Trinajstić information content (AvgIpc) is 2.60. The topological polar surface area (TPSA) is 135 Å². The van der Waals surface area contributed by atoms with Gasteiger partial charge in [0.05, 0.1) is 24.0 Å². The van der Waals surface area contributed by atoms with Crippen molar-refractivity contribution in [2.75, 3.05) is 7.11 Å². The van der Waals surface area contributed by atoms with E-state index in [1.54, 1.807) is 6.07 Å². The summed E-state index contributed by atoms with van der Waals surface area (Å²) < 4.78 is 10.2. The van der Waals surface area contributed by atoms with Crippen molar-refractivity contribution >= 4 is 17.6 Å². The Morgan fingerprint density at radius 3 is 2.68 bits per heavy atom. The van der Waals surface area contributed by atoms with Gasteiger partial charge in [-0.3, -0.25) is 24.7 Å². The predicted molar refractivity (Wildman–Crippen MR) is 85.9 cm³/mol. The third kappa shape index (κ3) is 4.50. The van der Waals surface area contributed by atoms with Gasteiger partial charge in [-0.25, -0.2) is 0 Å². The highest BCUT2D eigenvalue weighted by atomic mass is 16.6. The Bertz CT molecular complexity index is 821. The van der Waals surface area contributed by atoms with Crippen molar-refractivity contribution in [3.05, 3.63) is 63.5 Å². The van der Waals surface area contributed by atoms with E-state index in [-0.39, 0.29) is 29.8 Å². The molecule has 9 heteroatoms. The van der Waals surface area contributed by atoms with Gasteiger partial charge in [0.25, 0.3) is 5.69 Å². The Hall–Kier alpha value is -3.49. The summed E-state index contributed by atoms with van der Waals surface area (Å²) >= 11 is 0. The second-order valence-corrected chi connectivity index (χ2v) is 4.99. The Labute approximate surface area is 142 Å². The molecule has 0 aliphatic heterocycles. The summed E-state index contributed by atoms with van der Waals surface area (Å²) in [5, 5.41) is 11.1. The number of nitro benzene ring substituents is 1. The van der Waals surface area contributed by atoms with E-state index in [0.29, 0.717) is 11.3 Å². The van der Waals surface area contributed by atoms with E-state index in [4.69, 9.17) is 15.2 Å². The van der Waals surface area contributed by atoms with Crippen molar-refractivity contribution in [3.63, 3.8) is 0 Å². The number of rotatable bonds is 7. The van der Waals surface area contributed by atoms with Gasteiger partial charge in [0.2, 0.25) is 5.91 Å². The lowest BCUT2D eigenvalue weighted by atomic mass is 10.1. The van der Waals surface area contributed by atoms with Crippen molar-refractivity contribution in [1.82, 2.24) is 4.98 Å². The van der Waals surface area contributed by atoms with Crippen molar-refractivity contribution in [2.24, 2.45) is 5.73 Å². The first kappa shape index (κ1) is 17.9. The number of primary amides is 1. The smallest absolute Gasteiger partial charge is 0.310 e. The molecule has 2 aromatic rings. The van der Waals surface area contributed by atoms with Gasteiger partial charge in [0.1, 0.15) is 12.4 Å². The lowest BCUT2D eigenvalue weighted by Gasteiger charge is -2.09. The molecule has 9 nitrogen and oxygen atoms in total. The molecular formula is C16H15N3O6. The summed E-state index contributed by atoms with van der Waals surface area (Å²) in [6.07, 6.45) is 2.91. The lowest BCUT2D eigenvalue weighted by molar-refractivity contribution is -0.385. The van der Waals surface area contributed by atoms with Gasteiger partial charge in [-0.05, 0) is 18.2 Å². The number of aromatic nitrogens is 1. The number of methoxy groups -OCH3 is 1. The van der Waals surface area contributed by atoms with Crippen LogP contribution in [0, 0.1) is 10.1 Å². The molecule has 1 amide bonds. The maximum atomic E-state index is 12.0. The molecule has 0 saturated carbocycles. The number of carbonyl (C=O) groups is 2. The number of nitro groups is 1. The van der Waals surface area contributed by atoms with Crippen LogP contribution in [-0.2, 0) is 22.6 Å². The summed E-state index contributed by atoms with van der Waals surface area (Å²) in [5.74, 6) is -0.890. The number of nitrogens with two attached hydrogens (primary N) is 1. The van der Waals surface area contributed by atoms with Crippen LogP contribution in [0.1, 0.15) is 21.5 Å². The molecule has 0 bridgehead atoms. The Balaban J connectivity index is 2.09. The van der Waals surface area contributed by atoms with Crippen LogP contribution >= 0.6 is 0 Å². The quantitative estimate of drug-likeness (QED) is 0.455. The Kier molecular flexibility index (Phi) is 5.62. The molecular weight excluding hydrogens is 330 g/mol. The van der Waals surface area contributed by atoms with Crippen LogP contribution in [0.15, 0.2) is 36.7 Å². The van der Waals surface area contributed by atoms with Gasteiger partial charge in [-0.15, -0.1) is 0 Å². The summed E-state index contributed by atoms with van der Waals surface area (Å²) in [5.41, 5.74) is 5.45. The number of ether oxygens (including phenoxy) is 2. The van der Waals surface area contributed by atoms with Crippen LogP contribution in [0.5, 0.6) is 5.75 Å². The first-order valence-electron chi connectivity index (χ1n) is 7.12. The fourth-order valence-corrected chi connectivity index (χ4v) is 2.12. The minimum Gasteiger partial charge on any atom is -0.496 e. The van der Waals surface area contributed by atoms with E-state index in [9.17, 15) is 19.7 Å². The molecule has 0 saturated heterocycles. The molecule has 1 aromatic carbocycles. The molecule has 0 fully saturated rings. The van der Waals surface area contributed by atoms with Crippen molar-refractivity contribution < 1.29 is 24.0 Å². The normalized spacial score (nSPS) is 10.1. The molecule has 0 atom stereocenters. The number of amides is 1. The SMILES string of the molecule is COc1ccncc1CC(=O)OCc1ccc(C(N)=O)cc1[N+](=O)[O-]. The molecule has 1 aromatic heterocycles. The maximum absolute atomic E-state index is 12.0. The van der Waals surface area contributed by atoms with Crippen LogP contribution in [0.4, 0.5) is 5.69 Å². The summed E-state index contributed by atoms with van der Waals surface area (Å²) in [6, 6.07) is 5.32. The van der Waals surface area contributed by atoms with Gasteiger partial charge in [-0.1, -0.05) is 0 Å². The third-order valence-electron chi connectivity index (χ3n) is 3.37. The molecule has 0 radical (unpaired) electrons. The van der Waals surface area contributed by atoms with Crippen molar-refractivity contribution in [2.45, 2.75) is 13.0 Å². The molecule has 0 unspecified atom stereocenters. The highest BCUT2D eigenvalue weighted by Gasteiger charge is 2.18. The van der Waals surface area contributed by atoms with Gasteiger partial charge in [0, 0.05) is 29.6 Å². The highest BCUT2D eigenvalue weighted by molar-refractivity contribution is 5.93. The molecule has 25 heavy (non-hydrogen) atoms. The second-order valence-electron chi connectivity index (χ2n) is 4.99.